The number of nitrogen functional groups attached to an aromatic ring is 1. The maximum atomic E-state index is 12.8. The quantitative estimate of drug-likeness (QED) is 0.725. The second-order valence-electron chi connectivity index (χ2n) is 5.39. The molecule has 6 heteroatoms. The Bertz CT molecular complexity index is 930. The Balaban J connectivity index is 2.03. The first-order valence-corrected chi connectivity index (χ1v) is 7.37. The molecule has 122 valence electrons. The molecule has 0 fully saturated rings. The zero-order chi connectivity index (χ0) is 17.3. The van der Waals surface area contributed by atoms with Gasteiger partial charge in [0.1, 0.15) is 11.4 Å². The fourth-order valence-electron chi connectivity index (χ4n) is 2.58. The zero-order valence-electron chi connectivity index (χ0n) is 13.4. The largest absolute Gasteiger partial charge is 0.497 e. The standard InChI is InChI=1S/C18H17N3O3/c1-11(22)21(14-5-3-4-13(19)10-14)18(23)17-9-12-8-15(24-2)6-7-16(12)20-17/h3-10,20H,19H2,1-2H3. The zero-order valence-corrected chi connectivity index (χ0v) is 13.4. The number of anilines is 2. The van der Waals surface area contributed by atoms with Crippen molar-refractivity contribution in [2.75, 3.05) is 17.7 Å². The summed E-state index contributed by atoms with van der Waals surface area (Å²) >= 11 is 0. The van der Waals surface area contributed by atoms with Gasteiger partial charge in [-0.3, -0.25) is 9.59 Å². The van der Waals surface area contributed by atoms with Crippen LogP contribution in [0.15, 0.2) is 48.5 Å². The Morgan fingerprint density at radius 1 is 1.12 bits per heavy atom. The van der Waals surface area contributed by atoms with Crippen molar-refractivity contribution in [2.45, 2.75) is 6.92 Å². The van der Waals surface area contributed by atoms with Gasteiger partial charge in [-0.05, 0) is 42.5 Å². The summed E-state index contributed by atoms with van der Waals surface area (Å²) in [5.74, 6) is -0.134. The molecule has 0 aliphatic carbocycles. The van der Waals surface area contributed by atoms with Gasteiger partial charge < -0.3 is 15.5 Å². The van der Waals surface area contributed by atoms with E-state index in [9.17, 15) is 9.59 Å². The molecule has 1 heterocycles. The van der Waals surface area contributed by atoms with Crippen LogP contribution < -0.4 is 15.4 Å². The van der Waals surface area contributed by atoms with E-state index in [1.165, 1.54) is 6.92 Å². The third kappa shape index (κ3) is 2.81. The second kappa shape index (κ2) is 6.08. The molecule has 0 radical (unpaired) electrons. The van der Waals surface area contributed by atoms with Gasteiger partial charge in [-0.25, -0.2) is 4.90 Å². The third-order valence-corrected chi connectivity index (χ3v) is 3.70. The van der Waals surface area contributed by atoms with Crippen LogP contribution >= 0.6 is 0 Å². The van der Waals surface area contributed by atoms with Crippen molar-refractivity contribution in [1.29, 1.82) is 0 Å². The molecule has 24 heavy (non-hydrogen) atoms. The molecule has 0 bridgehead atoms. The van der Waals surface area contributed by atoms with Crippen molar-refractivity contribution in [2.24, 2.45) is 0 Å². The highest BCUT2D eigenvalue weighted by molar-refractivity contribution is 6.20. The number of benzene rings is 2. The van der Waals surface area contributed by atoms with Gasteiger partial charge in [0.25, 0.3) is 5.91 Å². The van der Waals surface area contributed by atoms with Crippen LogP contribution in [-0.2, 0) is 4.79 Å². The maximum absolute atomic E-state index is 12.8. The SMILES string of the molecule is COc1ccc2[nH]c(C(=O)N(C(C)=O)c3cccc(N)c3)cc2c1. The third-order valence-electron chi connectivity index (χ3n) is 3.70. The van der Waals surface area contributed by atoms with Crippen LogP contribution in [0.25, 0.3) is 10.9 Å². The first-order valence-electron chi connectivity index (χ1n) is 7.37. The van der Waals surface area contributed by atoms with E-state index in [4.69, 9.17) is 10.5 Å². The molecule has 3 rings (SSSR count). The molecule has 3 N–H and O–H groups in total. The normalized spacial score (nSPS) is 10.6. The molecule has 2 aromatic carbocycles. The molecule has 0 spiro atoms. The monoisotopic (exact) mass is 323 g/mol. The Hall–Kier alpha value is -3.28. The van der Waals surface area contributed by atoms with Gasteiger partial charge >= 0.3 is 0 Å². The number of methoxy groups -OCH3 is 1. The van der Waals surface area contributed by atoms with Crippen molar-refractivity contribution in [1.82, 2.24) is 4.98 Å². The first-order chi connectivity index (χ1) is 11.5. The lowest BCUT2D eigenvalue weighted by molar-refractivity contribution is -0.115. The summed E-state index contributed by atoms with van der Waals surface area (Å²) in [6.45, 7) is 1.34. The number of H-pyrrole nitrogens is 1. The summed E-state index contributed by atoms with van der Waals surface area (Å²) in [5, 5.41) is 0.828. The summed E-state index contributed by atoms with van der Waals surface area (Å²) in [5.41, 5.74) is 7.77. The van der Waals surface area contributed by atoms with E-state index in [-0.39, 0.29) is 5.91 Å². The van der Waals surface area contributed by atoms with Crippen LogP contribution in [0.3, 0.4) is 0 Å². The number of hydrogen-bond donors (Lipinski definition) is 2. The van der Waals surface area contributed by atoms with E-state index in [2.05, 4.69) is 4.98 Å². The summed E-state index contributed by atoms with van der Waals surface area (Å²) < 4.78 is 5.18. The Labute approximate surface area is 138 Å². The van der Waals surface area contributed by atoms with Crippen LogP contribution in [0.4, 0.5) is 11.4 Å². The van der Waals surface area contributed by atoms with Crippen LogP contribution in [0, 0.1) is 0 Å². The molecule has 0 saturated carbocycles. The minimum atomic E-state index is -0.441. The molecule has 2 amide bonds. The summed E-state index contributed by atoms with van der Waals surface area (Å²) in [4.78, 5) is 29.0. The number of carbonyl (C=O) groups excluding carboxylic acids is 2. The molecule has 0 aliphatic heterocycles. The Morgan fingerprint density at radius 3 is 2.58 bits per heavy atom. The van der Waals surface area contributed by atoms with E-state index in [0.717, 1.165) is 15.8 Å². The number of imide groups is 1. The number of nitrogens with zero attached hydrogens (tertiary/aromatic N) is 1. The molecule has 0 unspecified atom stereocenters. The van der Waals surface area contributed by atoms with Crippen LogP contribution in [0.2, 0.25) is 0 Å². The van der Waals surface area contributed by atoms with Crippen molar-refractivity contribution in [3.05, 3.63) is 54.2 Å². The average Bonchev–Trinajstić information content (AvgIpc) is 2.97. The number of amides is 2. The lowest BCUT2D eigenvalue weighted by Crippen LogP contribution is -2.35. The second-order valence-corrected chi connectivity index (χ2v) is 5.39. The van der Waals surface area contributed by atoms with Crippen molar-refractivity contribution >= 4 is 34.1 Å². The molecular weight excluding hydrogens is 306 g/mol. The van der Waals surface area contributed by atoms with Crippen molar-refractivity contribution in [3.63, 3.8) is 0 Å². The van der Waals surface area contributed by atoms with Gasteiger partial charge in [-0.15, -0.1) is 0 Å². The number of hydrogen-bond acceptors (Lipinski definition) is 4. The van der Waals surface area contributed by atoms with Gasteiger partial charge in [0.05, 0.1) is 12.8 Å². The highest BCUT2D eigenvalue weighted by Crippen LogP contribution is 2.24. The van der Waals surface area contributed by atoms with E-state index >= 15 is 0 Å². The molecular formula is C18H17N3O3. The van der Waals surface area contributed by atoms with E-state index in [1.54, 1.807) is 43.5 Å². The minimum absolute atomic E-state index is 0.316. The van der Waals surface area contributed by atoms with Crippen molar-refractivity contribution < 1.29 is 14.3 Å². The molecule has 0 aliphatic rings. The first kappa shape index (κ1) is 15.6. The number of nitrogens with one attached hydrogen (secondary N) is 1. The van der Waals surface area contributed by atoms with Gasteiger partial charge in [0.2, 0.25) is 5.91 Å². The van der Waals surface area contributed by atoms with Gasteiger partial charge in [0, 0.05) is 23.5 Å². The van der Waals surface area contributed by atoms with E-state index in [1.807, 2.05) is 12.1 Å². The van der Waals surface area contributed by atoms with Crippen LogP contribution in [-0.4, -0.2) is 23.9 Å². The summed E-state index contributed by atoms with van der Waals surface area (Å²) in [7, 11) is 1.58. The number of rotatable bonds is 3. The van der Waals surface area contributed by atoms with Crippen LogP contribution in [0.1, 0.15) is 17.4 Å². The number of nitrogens with two attached hydrogens (primary N) is 1. The minimum Gasteiger partial charge on any atom is -0.497 e. The number of ether oxygens (including phenoxy) is 1. The summed E-state index contributed by atoms with van der Waals surface area (Å²) in [6, 6.07) is 13.8. The highest BCUT2D eigenvalue weighted by atomic mass is 16.5. The number of aromatic nitrogens is 1. The smallest absolute Gasteiger partial charge is 0.281 e. The van der Waals surface area contributed by atoms with E-state index < -0.39 is 5.91 Å². The topological polar surface area (TPSA) is 88.4 Å². The molecule has 0 saturated heterocycles. The summed E-state index contributed by atoms with van der Waals surface area (Å²) in [6.07, 6.45) is 0. The maximum Gasteiger partial charge on any atom is 0.281 e. The highest BCUT2D eigenvalue weighted by Gasteiger charge is 2.23. The molecule has 0 atom stereocenters. The molecule has 1 aromatic heterocycles. The Morgan fingerprint density at radius 2 is 1.92 bits per heavy atom. The molecule has 3 aromatic rings. The lowest BCUT2D eigenvalue weighted by atomic mass is 10.2. The van der Waals surface area contributed by atoms with Gasteiger partial charge in [-0.2, -0.15) is 0 Å². The average molecular weight is 323 g/mol. The fourth-order valence-corrected chi connectivity index (χ4v) is 2.58. The van der Waals surface area contributed by atoms with Crippen LogP contribution in [0.5, 0.6) is 5.75 Å². The predicted molar refractivity (Wildman–Crippen MR) is 93.2 cm³/mol. The number of fused-ring (bicyclic) bond motifs is 1. The number of aromatic amines is 1. The fraction of sp³-hybridized carbons (Fsp3) is 0.111. The van der Waals surface area contributed by atoms with Gasteiger partial charge in [0.15, 0.2) is 0 Å². The van der Waals surface area contributed by atoms with Gasteiger partial charge in [-0.1, -0.05) is 6.07 Å². The number of carbonyl (C=O) groups is 2. The lowest BCUT2D eigenvalue weighted by Gasteiger charge is -2.18. The molecule has 6 nitrogen and oxygen atoms in total. The van der Waals surface area contributed by atoms with E-state index in [0.29, 0.717) is 22.8 Å². The Kier molecular flexibility index (Phi) is 3.95. The predicted octanol–water partition coefficient (Wildman–Crippen LogP) is 2.95. The van der Waals surface area contributed by atoms with Crippen molar-refractivity contribution in [3.8, 4) is 5.75 Å².